The van der Waals surface area contributed by atoms with E-state index < -0.39 is 0 Å². The Hall–Kier alpha value is -1.35. The molecule has 0 bridgehead atoms. The van der Waals surface area contributed by atoms with Gasteiger partial charge in [0.25, 0.3) is 0 Å². The first-order chi connectivity index (χ1) is 10.2. The highest BCUT2D eigenvalue weighted by Gasteiger charge is 2.21. The molecular formula is C18H28N2O. The van der Waals surface area contributed by atoms with Gasteiger partial charge in [-0.25, -0.2) is 0 Å². The summed E-state index contributed by atoms with van der Waals surface area (Å²) in [5.41, 5.74) is 1.20. The number of nitrogens with zero attached hydrogens (tertiary/aromatic N) is 1. The molecule has 0 heterocycles. The van der Waals surface area contributed by atoms with Crippen LogP contribution in [0.25, 0.3) is 0 Å². The summed E-state index contributed by atoms with van der Waals surface area (Å²) in [6.07, 6.45) is 6.02. The average molecular weight is 288 g/mol. The molecule has 1 amide bonds. The highest BCUT2D eigenvalue weighted by Crippen LogP contribution is 2.17. The number of amides is 1. The molecule has 0 aliphatic heterocycles. The van der Waals surface area contributed by atoms with Crippen LogP contribution in [0.2, 0.25) is 0 Å². The average Bonchev–Trinajstić information content (AvgIpc) is 3.04. The van der Waals surface area contributed by atoms with Gasteiger partial charge >= 0.3 is 0 Å². The molecule has 1 unspecified atom stereocenters. The van der Waals surface area contributed by atoms with Crippen molar-refractivity contribution in [3.63, 3.8) is 0 Å². The molecule has 21 heavy (non-hydrogen) atoms. The zero-order valence-corrected chi connectivity index (χ0v) is 13.3. The molecule has 0 saturated heterocycles. The molecule has 1 fully saturated rings. The Morgan fingerprint density at radius 3 is 2.57 bits per heavy atom. The van der Waals surface area contributed by atoms with E-state index in [1.165, 1.54) is 31.2 Å². The fourth-order valence-corrected chi connectivity index (χ4v) is 2.95. The lowest BCUT2D eigenvalue weighted by Crippen LogP contribution is -2.44. The monoisotopic (exact) mass is 288 g/mol. The van der Waals surface area contributed by atoms with E-state index in [0.29, 0.717) is 19.1 Å². The smallest absolute Gasteiger partial charge is 0.237 e. The van der Waals surface area contributed by atoms with Crippen LogP contribution in [-0.2, 0) is 11.3 Å². The summed E-state index contributed by atoms with van der Waals surface area (Å²) < 4.78 is 0. The summed E-state index contributed by atoms with van der Waals surface area (Å²) >= 11 is 0. The van der Waals surface area contributed by atoms with Gasteiger partial charge in [0.1, 0.15) is 0 Å². The van der Waals surface area contributed by atoms with Crippen molar-refractivity contribution in [3.8, 4) is 0 Å². The summed E-state index contributed by atoms with van der Waals surface area (Å²) in [4.78, 5) is 14.6. The molecule has 1 saturated carbocycles. The second-order valence-corrected chi connectivity index (χ2v) is 6.13. The second-order valence-electron chi connectivity index (χ2n) is 6.13. The number of benzene rings is 1. The van der Waals surface area contributed by atoms with E-state index >= 15 is 0 Å². The summed E-state index contributed by atoms with van der Waals surface area (Å²) in [5, 5.41) is 3.44. The fourth-order valence-electron chi connectivity index (χ4n) is 2.95. The van der Waals surface area contributed by atoms with Crippen molar-refractivity contribution in [2.75, 3.05) is 6.54 Å². The van der Waals surface area contributed by atoms with Gasteiger partial charge in [-0.15, -0.1) is 0 Å². The normalized spacial score (nSPS) is 16.9. The molecule has 3 nitrogen and oxygen atoms in total. The van der Waals surface area contributed by atoms with Gasteiger partial charge in [-0.1, -0.05) is 50.1 Å². The molecule has 1 aromatic carbocycles. The number of carbonyl (C=O) groups excluding carboxylic acids is 1. The Labute approximate surface area is 128 Å². The van der Waals surface area contributed by atoms with Crippen molar-refractivity contribution in [1.29, 1.82) is 0 Å². The molecular weight excluding hydrogens is 260 g/mol. The van der Waals surface area contributed by atoms with Gasteiger partial charge in [-0.05, 0) is 31.7 Å². The topological polar surface area (TPSA) is 32.3 Å². The van der Waals surface area contributed by atoms with Crippen LogP contribution in [0, 0.1) is 0 Å². The van der Waals surface area contributed by atoms with Gasteiger partial charge in [0.15, 0.2) is 0 Å². The van der Waals surface area contributed by atoms with Crippen LogP contribution in [-0.4, -0.2) is 29.4 Å². The Balaban J connectivity index is 1.92. The maximum Gasteiger partial charge on any atom is 0.237 e. The molecule has 0 aromatic heterocycles. The van der Waals surface area contributed by atoms with E-state index in [1.54, 1.807) is 0 Å². The van der Waals surface area contributed by atoms with E-state index in [0.717, 1.165) is 6.42 Å². The summed E-state index contributed by atoms with van der Waals surface area (Å²) in [6, 6.07) is 11.1. The Bertz CT molecular complexity index is 426. The second kappa shape index (κ2) is 8.18. The van der Waals surface area contributed by atoms with Gasteiger partial charge in [-0.2, -0.15) is 0 Å². The number of rotatable bonds is 7. The highest BCUT2D eigenvalue weighted by molar-refractivity contribution is 5.78. The molecule has 1 atom stereocenters. The van der Waals surface area contributed by atoms with Crippen LogP contribution in [0.3, 0.4) is 0 Å². The quantitative estimate of drug-likeness (QED) is 0.834. The van der Waals surface area contributed by atoms with Crippen molar-refractivity contribution >= 4 is 5.91 Å². The number of hydrogen-bond acceptors (Lipinski definition) is 2. The third-order valence-electron chi connectivity index (χ3n) is 4.54. The van der Waals surface area contributed by atoms with Crippen LogP contribution >= 0.6 is 0 Å². The largest absolute Gasteiger partial charge is 0.335 e. The van der Waals surface area contributed by atoms with Crippen molar-refractivity contribution in [2.24, 2.45) is 0 Å². The number of carbonyl (C=O) groups is 1. The molecule has 1 aromatic rings. The third-order valence-corrected chi connectivity index (χ3v) is 4.54. The number of nitrogens with one attached hydrogen (secondary N) is 1. The van der Waals surface area contributed by atoms with E-state index in [9.17, 15) is 4.79 Å². The van der Waals surface area contributed by atoms with Crippen molar-refractivity contribution < 1.29 is 4.79 Å². The number of hydrogen-bond donors (Lipinski definition) is 1. The summed E-state index contributed by atoms with van der Waals surface area (Å²) in [7, 11) is 0. The van der Waals surface area contributed by atoms with E-state index in [2.05, 4.69) is 31.3 Å². The summed E-state index contributed by atoms with van der Waals surface area (Å²) in [6.45, 7) is 5.46. The van der Waals surface area contributed by atoms with Crippen LogP contribution in [0.4, 0.5) is 0 Å². The SMILES string of the molecule is CCC(C)N(Cc1ccccc1)C(=O)CNC1CCCC1. The van der Waals surface area contributed by atoms with Gasteiger partial charge in [0, 0.05) is 18.6 Å². The molecule has 1 aliphatic carbocycles. The lowest BCUT2D eigenvalue weighted by Gasteiger charge is -2.29. The zero-order valence-electron chi connectivity index (χ0n) is 13.3. The Morgan fingerprint density at radius 1 is 1.29 bits per heavy atom. The molecule has 0 radical (unpaired) electrons. The molecule has 3 heteroatoms. The molecule has 1 aliphatic rings. The molecule has 1 N–H and O–H groups in total. The minimum atomic E-state index is 0.222. The minimum Gasteiger partial charge on any atom is -0.335 e. The first kappa shape index (κ1) is 16.0. The minimum absolute atomic E-state index is 0.222. The van der Waals surface area contributed by atoms with Crippen molar-refractivity contribution in [2.45, 2.75) is 64.6 Å². The van der Waals surface area contributed by atoms with Gasteiger partial charge in [0.05, 0.1) is 6.54 Å². The Morgan fingerprint density at radius 2 is 1.95 bits per heavy atom. The van der Waals surface area contributed by atoms with Gasteiger partial charge in [-0.3, -0.25) is 4.79 Å². The van der Waals surface area contributed by atoms with Gasteiger partial charge < -0.3 is 10.2 Å². The molecule has 116 valence electrons. The lowest BCUT2D eigenvalue weighted by atomic mass is 10.1. The fraction of sp³-hybridized carbons (Fsp3) is 0.611. The first-order valence-electron chi connectivity index (χ1n) is 8.27. The first-order valence-corrected chi connectivity index (χ1v) is 8.27. The van der Waals surface area contributed by atoms with Gasteiger partial charge in [0.2, 0.25) is 5.91 Å². The predicted molar refractivity (Wildman–Crippen MR) is 87.0 cm³/mol. The molecule has 0 spiro atoms. The maximum absolute atomic E-state index is 12.6. The third kappa shape index (κ3) is 4.85. The van der Waals surface area contributed by atoms with Crippen LogP contribution in [0.15, 0.2) is 30.3 Å². The Kier molecular flexibility index (Phi) is 6.24. The maximum atomic E-state index is 12.6. The van der Waals surface area contributed by atoms with Crippen LogP contribution in [0.5, 0.6) is 0 Å². The van der Waals surface area contributed by atoms with Crippen LogP contribution < -0.4 is 5.32 Å². The predicted octanol–water partition coefficient (Wildman–Crippen LogP) is 3.35. The van der Waals surface area contributed by atoms with E-state index in [4.69, 9.17) is 0 Å². The lowest BCUT2D eigenvalue weighted by molar-refractivity contribution is -0.133. The summed E-state index contributed by atoms with van der Waals surface area (Å²) in [5.74, 6) is 0.222. The zero-order chi connectivity index (χ0) is 15.1. The van der Waals surface area contributed by atoms with Crippen molar-refractivity contribution in [1.82, 2.24) is 10.2 Å². The van der Waals surface area contributed by atoms with E-state index in [-0.39, 0.29) is 11.9 Å². The van der Waals surface area contributed by atoms with E-state index in [1.807, 2.05) is 23.1 Å². The molecule has 2 rings (SSSR count). The standard InChI is InChI=1S/C18H28N2O/c1-3-15(2)20(14-16-9-5-4-6-10-16)18(21)13-19-17-11-7-8-12-17/h4-6,9-10,15,17,19H,3,7-8,11-14H2,1-2H3. The van der Waals surface area contributed by atoms with Crippen molar-refractivity contribution in [3.05, 3.63) is 35.9 Å². The van der Waals surface area contributed by atoms with Crippen LogP contribution in [0.1, 0.15) is 51.5 Å². The highest BCUT2D eigenvalue weighted by atomic mass is 16.2.